The van der Waals surface area contributed by atoms with Crippen LogP contribution in [0.1, 0.15) is 6.92 Å². The number of nitrogens with zero attached hydrogens (tertiary/aromatic N) is 2. The standard InChI is InChI=1S/C13H13BrClN3OS/c1-3-16-11-7-12(18-13(17-11)20-2)19-10-5-4-8(15)6-9(10)14/h4-7H,3H2,1-2H3,(H,16,17,18). The molecule has 7 heteroatoms. The van der Waals surface area contributed by atoms with Crippen LogP contribution in [0.5, 0.6) is 11.6 Å². The average molecular weight is 375 g/mol. The van der Waals surface area contributed by atoms with Crippen molar-refractivity contribution in [3.8, 4) is 11.6 Å². The molecule has 1 N–H and O–H groups in total. The van der Waals surface area contributed by atoms with Gasteiger partial charge in [-0.05, 0) is 47.3 Å². The van der Waals surface area contributed by atoms with Crippen molar-refractivity contribution in [2.75, 3.05) is 18.1 Å². The molecular formula is C13H13BrClN3OS. The molecule has 106 valence electrons. The van der Waals surface area contributed by atoms with E-state index in [0.29, 0.717) is 21.8 Å². The predicted molar refractivity (Wildman–Crippen MR) is 87.2 cm³/mol. The molecule has 2 rings (SSSR count). The third-order valence-corrected chi connectivity index (χ3v) is 3.73. The number of thioether (sulfide) groups is 1. The van der Waals surface area contributed by atoms with Gasteiger partial charge in [0, 0.05) is 17.6 Å². The molecule has 0 aliphatic carbocycles. The smallest absolute Gasteiger partial charge is 0.225 e. The van der Waals surface area contributed by atoms with Gasteiger partial charge in [0.05, 0.1) is 4.47 Å². The summed E-state index contributed by atoms with van der Waals surface area (Å²) in [4.78, 5) is 8.68. The quantitative estimate of drug-likeness (QED) is 0.599. The first-order valence-electron chi connectivity index (χ1n) is 5.92. The molecule has 0 amide bonds. The summed E-state index contributed by atoms with van der Waals surface area (Å²) >= 11 is 10.8. The number of ether oxygens (including phenoxy) is 1. The first-order chi connectivity index (χ1) is 9.62. The molecule has 0 bridgehead atoms. The second kappa shape index (κ2) is 7.15. The highest BCUT2D eigenvalue weighted by Gasteiger charge is 2.08. The van der Waals surface area contributed by atoms with E-state index in [0.717, 1.165) is 16.8 Å². The number of anilines is 1. The first-order valence-corrected chi connectivity index (χ1v) is 8.31. The summed E-state index contributed by atoms with van der Waals surface area (Å²) in [5.74, 6) is 1.89. The molecule has 0 saturated carbocycles. The van der Waals surface area contributed by atoms with Crippen LogP contribution in [0.3, 0.4) is 0 Å². The summed E-state index contributed by atoms with van der Waals surface area (Å²) in [6.07, 6.45) is 1.92. The van der Waals surface area contributed by atoms with Crippen LogP contribution in [0, 0.1) is 0 Å². The fraction of sp³-hybridized carbons (Fsp3) is 0.231. The highest BCUT2D eigenvalue weighted by Crippen LogP contribution is 2.32. The molecule has 0 radical (unpaired) electrons. The SMILES string of the molecule is CCNc1cc(Oc2ccc(Cl)cc2Br)nc(SC)n1. The average Bonchev–Trinajstić information content (AvgIpc) is 2.42. The summed E-state index contributed by atoms with van der Waals surface area (Å²) in [5.41, 5.74) is 0. The molecule has 1 aromatic heterocycles. The van der Waals surface area contributed by atoms with Crippen molar-refractivity contribution in [1.29, 1.82) is 0 Å². The Labute approximate surface area is 135 Å². The Hall–Kier alpha value is -0.980. The number of hydrogen-bond acceptors (Lipinski definition) is 5. The predicted octanol–water partition coefficient (Wildman–Crippen LogP) is 4.84. The lowest BCUT2D eigenvalue weighted by atomic mass is 10.3. The van der Waals surface area contributed by atoms with E-state index >= 15 is 0 Å². The lowest BCUT2D eigenvalue weighted by molar-refractivity contribution is 0.453. The number of rotatable bonds is 5. The largest absolute Gasteiger partial charge is 0.438 e. The molecule has 2 aromatic rings. The summed E-state index contributed by atoms with van der Waals surface area (Å²) in [6, 6.07) is 7.10. The van der Waals surface area contributed by atoms with Crippen LogP contribution in [-0.4, -0.2) is 22.8 Å². The Morgan fingerprint density at radius 3 is 2.80 bits per heavy atom. The maximum absolute atomic E-state index is 5.91. The topological polar surface area (TPSA) is 47.0 Å². The zero-order valence-corrected chi connectivity index (χ0v) is 14.1. The number of halogens is 2. The second-order valence-corrected chi connectivity index (χ2v) is 5.85. The van der Waals surface area contributed by atoms with Crippen LogP contribution < -0.4 is 10.1 Å². The van der Waals surface area contributed by atoms with Crippen LogP contribution in [0.4, 0.5) is 5.82 Å². The molecule has 1 heterocycles. The number of nitrogens with one attached hydrogen (secondary N) is 1. The van der Waals surface area contributed by atoms with Gasteiger partial charge in [-0.1, -0.05) is 23.4 Å². The third-order valence-electron chi connectivity index (χ3n) is 2.33. The zero-order valence-electron chi connectivity index (χ0n) is 11.0. The summed E-state index contributed by atoms with van der Waals surface area (Å²) in [6.45, 7) is 2.80. The van der Waals surface area contributed by atoms with Gasteiger partial charge in [0.2, 0.25) is 5.88 Å². The van der Waals surface area contributed by atoms with Gasteiger partial charge in [-0.2, -0.15) is 4.98 Å². The Balaban J connectivity index is 2.29. The van der Waals surface area contributed by atoms with Crippen molar-refractivity contribution in [2.24, 2.45) is 0 Å². The fourth-order valence-corrected chi connectivity index (χ4v) is 2.62. The molecule has 4 nitrogen and oxygen atoms in total. The van der Waals surface area contributed by atoms with Crippen molar-refractivity contribution in [1.82, 2.24) is 9.97 Å². The van der Waals surface area contributed by atoms with Crippen LogP contribution >= 0.6 is 39.3 Å². The van der Waals surface area contributed by atoms with Gasteiger partial charge in [-0.3, -0.25) is 0 Å². The van der Waals surface area contributed by atoms with Gasteiger partial charge < -0.3 is 10.1 Å². The van der Waals surface area contributed by atoms with E-state index in [4.69, 9.17) is 16.3 Å². The molecule has 0 aliphatic rings. The van der Waals surface area contributed by atoms with Crippen LogP contribution in [-0.2, 0) is 0 Å². The Morgan fingerprint density at radius 2 is 2.15 bits per heavy atom. The number of benzene rings is 1. The van der Waals surface area contributed by atoms with Crippen molar-refractivity contribution in [2.45, 2.75) is 12.1 Å². The highest BCUT2D eigenvalue weighted by molar-refractivity contribution is 9.10. The number of aromatic nitrogens is 2. The summed E-state index contributed by atoms with van der Waals surface area (Å²) in [7, 11) is 0. The minimum atomic E-state index is 0.489. The molecule has 0 aliphatic heterocycles. The van der Waals surface area contributed by atoms with E-state index in [1.54, 1.807) is 24.3 Å². The molecular weight excluding hydrogens is 362 g/mol. The Kier molecular flexibility index (Phi) is 5.51. The van der Waals surface area contributed by atoms with Crippen molar-refractivity contribution < 1.29 is 4.74 Å². The van der Waals surface area contributed by atoms with E-state index < -0.39 is 0 Å². The molecule has 0 saturated heterocycles. The van der Waals surface area contributed by atoms with Gasteiger partial charge in [0.1, 0.15) is 11.6 Å². The van der Waals surface area contributed by atoms with E-state index in [1.807, 2.05) is 13.2 Å². The molecule has 0 spiro atoms. The van der Waals surface area contributed by atoms with E-state index in [1.165, 1.54) is 11.8 Å². The molecule has 0 unspecified atom stereocenters. The van der Waals surface area contributed by atoms with Gasteiger partial charge in [-0.25, -0.2) is 4.98 Å². The van der Waals surface area contributed by atoms with Crippen LogP contribution in [0.2, 0.25) is 5.02 Å². The maximum Gasteiger partial charge on any atom is 0.225 e. The normalized spacial score (nSPS) is 10.4. The fourth-order valence-electron chi connectivity index (χ4n) is 1.49. The lowest BCUT2D eigenvalue weighted by Gasteiger charge is -2.10. The van der Waals surface area contributed by atoms with E-state index in [-0.39, 0.29) is 0 Å². The van der Waals surface area contributed by atoms with Crippen LogP contribution in [0.25, 0.3) is 0 Å². The van der Waals surface area contributed by atoms with Gasteiger partial charge in [-0.15, -0.1) is 0 Å². The minimum Gasteiger partial charge on any atom is -0.438 e. The van der Waals surface area contributed by atoms with Crippen molar-refractivity contribution >= 4 is 45.1 Å². The van der Waals surface area contributed by atoms with Gasteiger partial charge in [0.25, 0.3) is 0 Å². The summed E-state index contributed by atoms with van der Waals surface area (Å²) < 4.78 is 6.56. The monoisotopic (exact) mass is 373 g/mol. The maximum atomic E-state index is 5.91. The van der Waals surface area contributed by atoms with Crippen LogP contribution in [0.15, 0.2) is 33.9 Å². The zero-order chi connectivity index (χ0) is 14.5. The highest BCUT2D eigenvalue weighted by atomic mass is 79.9. The van der Waals surface area contributed by atoms with Gasteiger partial charge >= 0.3 is 0 Å². The number of hydrogen-bond donors (Lipinski definition) is 1. The van der Waals surface area contributed by atoms with E-state index in [9.17, 15) is 0 Å². The van der Waals surface area contributed by atoms with E-state index in [2.05, 4.69) is 31.2 Å². The molecule has 0 fully saturated rings. The van der Waals surface area contributed by atoms with Crippen molar-refractivity contribution in [3.63, 3.8) is 0 Å². The van der Waals surface area contributed by atoms with Crippen molar-refractivity contribution in [3.05, 3.63) is 33.8 Å². The first kappa shape index (κ1) is 15.4. The molecule has 0 atom stereocenters. The van der Waals surface area contributed by atoms with Gasteiger partial charge in [0.15, 0.2) is 5.16 Å². The lowest BCUT2D eigenvalue weighted by Crippen LogP contribution is -2.02. The minimum absolute atomic E-state index is 0.489. The second-order valence-electron chi connectivity index (χ2n) is 3.79. The molecule has 1 aromatic carbocycles. The third kappa shape index (κ3) is 4.01. The molecule has 20 heavy (non-hydrogen) atoms. The summed E-state index contributed by atoms with van der Waals surface area (Å²) in [5, 5.41) is 4.45. The Morgan fingerprint density at radius 1 is 1.35 bits per heavy atom. The Bertz CT molecular complexity index is 612.